The molecule has 1 saturated carbocycles. The summed E-state index contributed by atoms with van der Waals surface area (Å²) in [7, 11) is 0. The number of carbonyl (C=O) groups excluding carboxylic acids is 2. The Kier molecular flexibility index (Phi) is 7.06. The number of benzene rings is 3. The van der Waals surface area contributed by atoms with E-state index in [-0.39, 0.29) is 30.1 Å². The number of nitrogens with one attached hydrogen (secondary N) is 1. The number of hydrogen-bond acceptors (Lipinski definition) is 3. The largest absolute Gasteiger partial charge is 0.329 e. The van der Waals surface area contributed by atoms with Crippen LogP contribution in [0.4, 0.5) is 10.3 Å². The first-order chi connectivity index (χ1) is 17.9. The van der Waals surface area contributed by atoms with Gasteiger partial charge in [0.1, 0.15) is 12.4 Å². The quantitative estimate of drug-likeness (QED) is 0.306. The summed E-state index contributed by atoms with van der Waals surface area (Å²) in [4.78, 5) is 32.6. The Labute approximate surface area is 219 Å². The average Bonchev–Trinajstić information content (AvgIpc) is 3.62. The smallest absolute Gasteiger partial charge is 0.254 e. The van der Waals surface area contributed by atoms with E-state index in [0.717, 1.165) is 18.4 Å². The molecule has 0 aliphatic heterocycles. The van der Waals surface area contributed by atoms with E-state index in [1.807, 2.05) is 30.3 Å². The molecule has 8 heteroatoms. The molecule has 1 aliphatic rings. The molecule has 4 aromatic rings. The van der Waals surface area contributed by atoms with Gasteiger partial charge in [0.15, 0.2) is 0 Å². The number of nitrogens with zero attached hydrogens (tertiary/aromatic N) is 3. The van der Waals surface area contributed by atoms with E-state index < -0.39 is 0 Å². The van der Waals surface area contributed by atoms with Crippen LogP contribution in [0.5, 0.6) is 0 Å². The second-order valence-corrected chi connectivity index (χ2v) is 9.74. The summed E-state index contributed by atoms with van der Waals surface area (Å²) in [6.45, 7) is 2.06. The Morgan fingerprint density at radius 2 is 1.81 bits per heavy atom. The topological polar surface area (TPSA) is 67.2 Å². The van der Waals surface area contributed by atoms with Crippen LogP contribution in [0.15, 0.2) is 79.0 Å². The number of imidazole rings is 1. The Balaban J connectivity index is 1.41. The van der Waals surface area contributed by atoms with E-state index in [1.165, 1.54) is 6.07 Å². The molecule has 1 aliphatic carbocycles. The maximum atomic E-state index is 14.4. The molecule has 0 spiro atoms. The van der Waals surface area contributed by atoms with E-state index in [2.05, 4.69) is 10.3 Å². The second kappa shape index (κ2) is 10.6. The van der Waals surface area contributed by atoms with Crippen molar-refractivity contribution >= 4 is 29.4 Å². The van der Waals surface area contributed by atoms with Crippen LogP contribution in [-0.2, 0) is 4.79 Å². The van der Waals surface area contributed by atoms with Crippen molar-refractivity contribution < 1.29 is 14.0 Å². The van der Waals surface area contributed by atoms with Gasteiger partial charge in [-0.1, -0.05) is 48.0 Å². The third kappa shape index (κ3) is 5.89. The summed E-state index contributed by atoms with van der Waals surface area (Å²) in [5, 5.41) is 3.39. The minimum absolute atomic E-state index is 0.131. The van der Waals surface area contributed by atoms with E-state index in [4.69, 9.17) is 11.6 Å². The predicted molar refractivity (Wildman–Crippen MR) is 142 cm³/mol. The predicted octanol–water partition coefficient (Wildman–Crippen LogP) is 6.13. The molecule has 5 rings (SSSR count). The number of amides is 2. The highest BCUT2D eigenvalue weighted by Crippen LogP contribution is 2.30. The van der Waals surface area contributed by atoms with Crippen LogP contribution in [0.2, 0.25) is 5.02 Å². The van der Waals surface area contributed by atoms with Gasteiger partial charge < -0.3 is 4.90 Å². The van der Waals surface area contributed by atoms with Crippen LogP contribution >= 0.6 is 11.6 Å². The first-order valence-electron chi connectivity index (χ1n) is 12.1. The lowest BCUT2D eigenvalue weighted by Crippen LogP contribution is -2.39. The van der Waals surface area contributed by atoms with Gasteiger partial charge in [0, 0.05) is 28.9 Å². The van der Waals surface area contributed by atoms with Crippen molar-refractivity contribution in [3.05, 3.63) is 101 Å². The van der Waals surface area contributed by atoms with E-state index >= 15 is 0 Å². The number of carbonyl (C=O) groups is 2. The number of rotatable bonds is 8. The van der Waals surface area contributed by atoms with Crippen molar-refractivity contribution in [3.63, 3.8) is 0 Å². The number of anilines is 1. The van der Waals surface area contributed by atoms with Gasteiger partial charge in [0.2, 0.25) is 11.9 Å². The molecule has 3 aromatic carbocycles. The Hall–Kier alpha value is -3.97. The Morgan fingerprint density at radius 3 is 2.49 bits per heavy atom. The summed E-state index contributed by atoms with van der Waals surface area (Å²) < 4.78 is 16.0. The molecule has 188 valence electrons. The molecule has 0 saturated heterocycles. The summed E-state index contributed by atoms with van der Waals surface area (Å²) in [6, 6.07) is 21.0. The Bertz CT molecular complexity index is 1430. The number of aromatic nitrogens is 2. The van der Waals surface area contributed by atoms with Crippen molar-refractivity contribution in [3.8, 4) is 16.9 Å². The third-order valence-electron chi connectivity index (χ3n) is 6.35. The standard InChI is InChI=1S/C29H26ClFN4O2/c1-19-7-14-24(15-25(19)31)35-17-26(21-5-3-2-4-6-21)32-29(35)33-27(36)18-34(16-20-8-9-20)28(37)22-10-12-23(30)13-11-22/h2-7,10-15,17,20H,8-9,16,18H2,1H3,(H,32,33,36). The van der Waals surface area contributed by atoms with Gasteiger partial charge in [0.25, 0.3) is 5.91 Å². The maximum absolute atomic E-state index is 14.4. The number of aryl methyl sites for hydroxylation is 1. The van der Waals surface area contributed by atoms with Gasteiger partial charge in [0.05, 0.1) is 11.4 Å². The monoisotopic (exact) mass is 516 g/mol. The van der Waals surface area contributed by atoms with Gasteiger partial charge >= 0.3 is 0 Å². The Morgan fingerprint density at radius 1 is 1.08 bits per heavy atom. The second-order valence-electron chi connectivity index (χ2n) is 9.30. The lowest BCUT2D eigenvalue weighted by atomic mass is 10.2. The molecule has 1 fully saturated rings. The first kappa shape index (κ1) is 24.7. The van der Waals surface area contributed by atoms with Crippen molar-refractivity contribution in [2.75, 3.05) is 18.4 Å². The summed E-state index contributed by atoms with van der Waals surface area (Å²) >= 11 is 5.97. The minimum Gasteiger partial charge on any atom is -0.329 e. The maximum Gasteiger partial charge on any atom is 0.254 e. The fourth-order valence-corrected chi connectivity index (χ4v) is 4.21. The highest BCUT2D eigenvalue weighted by molar-refractivity contribution is 6.30. The molecular weight excluding hydrogens is 491 g/mol. The average molecular weight is 517 g/mol. The van der Waals surface area contributed by atoms with Crippen LogP contribution in [0, 0.1) is 18.7 Å². The summed E-state index contributed by atoms with van der Waals surface area (Å²) in [5.41, 5.74) is 3.01. The molecule has 37 heavy (non-hydrogen) atoms. The highest BCUT2D eigenvalue weighted by atomic mass is 35.5. The van der Waals surface area contributed by atoms with E-state index in [1.54, 1.807) is 59.0 Å². The molecule has 1 heterocycles. The SMILES string of the molecule is Cc1ccc(-n2cc(-c3ccccc3)nc2NC(=O)CN(CC2CC2)C(=O)c2ccc(Cl)cc2)cc1F. The molecule has 0 atom stereocenters. The summed E-state index contributed by atoms with van der Waals surface area (Å²) in [6.07, 6.45) is 3.83. The number of halogens is 2. The van der Waals surface area contributed by atoms with Gasteiger partial charge in [-0.2, -0.15) is 0 Å². The molecule has 2 amide bonds. The zero-order chi connectivity index (χ0) is 25.9. The van der Waals surface area contributed by atoms with Crippen molar-refractivity contribution in [1.82, 2.24) is 14.5 Å². The van der Waals surface area contributed by atoms with Gasteiger partial charge in [-0.25, -0.2) is 9.37 Å². The van der Waals surface area contributed by atoms with Crippen molar-refractivity contribution in [2.45, 2.75) is 19.8 Å². The fourth-order valence-electron chi connectivity index (χ4n) is 4.09. The summed E-state index contributed by atoms with van der Waals surface area (Å²) in [5.74, 6) is -0.327. The minimum atomic E-state index is -0.387. The van der Waals surface area contributed by atoms with Gasteiger partial charge in [-0.3, -0.25) is 19.5 Å². The van der Waals surface area contributed by atoms with E-state index in [0.29, 0.717) is 40.0 Å². The van der Waals surface area contributed by atoms with Crippen LogP contribution in [0.1, 0.15) is 28.8 Å². The van der Waals surface area contributed by atoms with Crippen LogP contribution in [0.25, 0.3) is 16.9 Å². The van der Waals surface area contributed by atoms with Crippen LogP contribution in [0.3, 0.4) is 0 Å². The zero-order valence-corrected chi connectivity index (χ0v) is 21.1. The first-order valence-corrected chi connectivity index (χ1v) is 12.5. The van der Waals surface area contributed by atoms with Gasteiger partial charge in [-0.05, 0) is 67.6 Å². The zero-order valence-electron chi connectivity index (χ0n) is 20.3. The molecule has 6 nitrogen and oxygen atoms in total. The lowest BCUT2D eigenvalue weighted by Gasteiger charge is -2.22. The molecule has 1 aromatic heterocycles. The fraction of sp³-hybridized carbons (Fsp3) is 0.207. The molecular formula is C29H26ClFN4O2. The highest BCUT2D eigenvalue weighted by Gasteiger charge is 2.29. The van der Waals surface area contributed by atoms with Crippen LogP contribution in [-0.4, -0.2) is 39.4 Å². The molecule has 0 radical (unpaired) electrons. The van der Waals surface area contributed by atoms with Crippen molar-refractivity contribution in [2.24, 2.45) is 5.92 Å². The molecule has 0 unspecified atom stereocenters. The molecule has 1 N–H and O–H groups in total. The normalized spacial score (nSPS) is 12.8. The van der Waals surface area contributed by atoms with Crippen LogP contribution < -0.4 is 5.32 Å². The lowest BCUT2D eigenvalue weighted by molar-refractivity contribution is -0.117. The third-order valence-corrected chi connectivity index (χ3v) is 6.60. The number of hydrogen-bond donors (Lipinski definition) is 1. The molecule has 0 bridgehead atoms. The van der Waals surface area contributed by atoms with E-state index in [9.17, 15) is 14.0 Å². The van der Waals surface area contributed by atoms with Gasteiger partial charge in [-0.15, -0.1) is 0 Å². The van der Waals surface area contributed by atoms with Crippen molar-refractivity contribution in [1.29, 1.82) is 0 Å².